The van der Waals surface area contributed by atoms with Crippen molar-refractivity contribution in [2.75, 3.05) is 0 Å². The van der Waals surface area contributed by atoms with Gasteiger partial charge in [0.1, 0.15) is 0 Å². The lowest BCUT2D eigenvalue weighted by Crippen LogP contribution is -1.98. The summed E-state index contributed by atoms with van der Waals surface area (Å²) in [4.78, 5) is 0. The fraction of sp³-hybridized carbons (Fsp3) is 0. The van der Waals surface area contributed by atoms with E-state index in [1.807, 2.05) is 0 Å². The molecule has 57 heavy (non-hydrogen) atoms. The molecule has 0 atom stereocenters. The molecule has 0 spiro atoms. The van der Waals surface area contributed by atoms with Gasteiger partial charge in [-0.05, 0) is 119 Å². The number of benzene rings is 10. The highest BCUT2D eigenvalue weighted by Gasteiger charge is 2.24. The van der Waals surface area contributed by atoms with Crippen LogP contribution in [0.15, 0.2) is 212 Å². The summed E-state index contributed by atoms with van der Waals surface area (Å²) in [5, 5.41) is 7.52. The maximum absolute atomic E-state index is 2.46. The van der Waals surface area contributed by atoms with Crippen molar-refractivity contribution in [2.45, 2.75) is 0 Å². The van der Waals surface area contributed by atoms with Gasteiger partial charge in [0.25, 0.3) is 0 Å². The average Bonchev–Trinajstić information content (AvgIpc) is 3.61. The molecule has 1 aliphatic rings. The van der Waals surface area contributed by atoms with E-state index in [1.165, 1.54) is 110 Å². The first-order valence-electron chi connectivity index (χ1n) is 19.8. The van der Waals surface area contributed by atoms with E-state index in [0.29, 0.717) is 0 Å². The van der Waals surface area contributed by atoms with E-state index in [9.17, 15) is 0 Å². The monoisotopic (exact) mass is 721 g/mol. The second-order valence-corrected chi connectivity index (χ2v) is 15.2. The molecule has 0 amide bonds. The fourth-order valence-electron chi connectivity index (χ4n) is 9.75. The predicted molar refractivity (Wildman–Crippen MR) is 242 cm³/mol. The zero-order valence-corrected chi connectivity index (χ0v) is 31.2. The molecule has 11 aromatic rings. The maximum Gasteiger partial charge on any atom is 0.0547 e. The Morgan fingerprint density at radius 2 is 0.596 bits per heavy atom. The largest absolute Gasteiger partial charge is 0.309 e. The van der Waals surface area contributed by atoms with E-state index in [4.69, 9.17) is 0 Å². The molecule has 0 aliphatic heterocycles. The van der Waals surface area contributed by atoms with Crippen LogP contribution in [-0.2, 0) is 0 Å². The number of hydrogen-bond acceptors (Lipinski definition) is 0. The number of rotatable bonds is 3. The molecule has 0 saturated carbocycles. The van der Waals surface area contributed by atoms with Crippen LogP contribution in [0.2, 0.25) is 0 Å². The van der Waals surface area contributed by atoms with Crippen LogP contribution in [0, 0.1) is 0 Å². The van der Waals surface area contributed by atoms with Crippen molar-refractivity contribution in [3.63, 3.8) is 0 Å². The summed E-state index contributed by atoms with van der Waals surface area (Å²) in [7, 11) is 0. The van der Waals surface area contributed by atoms with Gasteiger partial charge >= 0.3 is 0 Å². The van der Waals surface area contributed by atoms with Gasteiger partial charge in [-0.2, -0.15) is 0 Å². The molecule has 10 aromatic carbocycles. The van der Waals surface area contributed by atoms with Gasteiger partial charge in [-0.25, -0.2) is 0 Å². The van der Waals surface area contributed by atoms with Crippen molar-refractivity contribution in [1.82, 2.24) is 4.57 Å². The third kappa shape index (κ3) is 4.76. The molecular formula is C56H35N. The topological polar surface area (TPSA) is 4.93 Å². The lowest BCUT2D eigenvalue weighted by Gasteiger charge is -2.24. The van der Waals surface area contributed by atoms with Crippen molar-refractivity contribution in [3.8, 4) is 72.4 Å². The Kier molecular flexibility index (Phi) is 7.00. The Bertz CT molecular complexity index is 3340. The third-order valence-corrected chi connectivity index (χ3v) is 12.2. The van der Waals surface area contributed by atoms with E-state index in [2.05, 4.69) is 217 Å². The average molecular weight is 722 g/mol. The highest BCUT2D eigenvalue weighted by Crippen LogP contribution is 2.50. The van der Waals surface area contributed by atoms with Crippen LogP contribution >= 0.6 is 0 Å². The Morgan fingerprint density at radius 3 is 1.12 bits per heavy atom. The van der Waals surface area contributed by atoms with Crippen LogP contribution in [0.4, 0.5) is 0 Å². The first-order valence-corrected chi connectivity index (χ1v) is 19.8. The van der Waals surface area contributed by atoms with Crippen LogP contribution in [0.25, 0.3) is 116 Å². The van der Waals surface area contributed by atoms with E-state index in [0.717, 1.165) is 5.69 Å². The standard InChI is InChI=1S/C56H35N/c1-2-16-38(17-3-1)57-53-29-15-14-24-46(53)47-33-31-37(35-54(47)57)56-50-27-12-10-25-48(50)55(49-26-11-13-28-51(49)56)36-30-32-45-43-22-7-6-20-41(43)39-18-4-5-19-40(39)42-21-8-9-23-44(42)52(45)34-36/h1-35H. The number of fused-ring (bicyclic) bond motifs is 13. The smallest absolute Gasteiger partial charge is 0.0547 e. The van der Waals surface area contributed by atoms with Gasteiger partial charge in [-0.3, -0.25) is 0 Å². The summed E-state index contributed by atoms with van der Waals surface area (Å²) in [6, 6.07) is 78.4. The lowest BCUT2D eigenvalue weighted by atomic mass is 9.79. The summed E-state index contributed by atoms with van der Waals surface area (Å²) in [5.41, 5.74) is 18.6. The van der Waals surface area contributed by atoms with Gasteiger partial charge in [0.15, 0.2) is 0 Å². The Morgan fingerprint density at radius 1 is 0.228 bits per heavy atom. The summed E-state index contributed by atoms with van der Waals surface area (Å²) >= 11 is 0. The summed E-state index contributed by atoms with van der Waals surface area (Å²) < 4.78 is 2.42. The minimum atomic E-state index is 1.16. The normalized spacial score (nSPS) is 11.9. The number of nitrogens with zero attached hydrogens (tertiary/aromatic N) is 1. The van der Waals surface area contributed by atoms with Crippen molar-refractivity contribution >= 4 is 43.4 Å². The molecule has 0 saturated heterocycles. The lowest BCUT2D eigenvalue weighted by molar-refractivity contribution is 1.18. The van der Waals surface area contributed by atoms with Crippen molar-refractivity contribution in [2.24, 2.45) is 0 Å². The van der Waals surface area contributed by atoms with Gasteiger partial charge < -0.3 is 4.57 Å². The van der Waals surface area contributed by atoms with Crippen molar-refractivity contribution in [3.05, 3.63) is 212 Å². The summed E-state index contributed by atoms with van der Waals surface area (Å²) in [5.74, 6) is 0. The van der Waals surface area contributed by atoms with Crippen LogP contribution in [0.1, 0.15) is 0 Å². The molecule has 0 bridgehead atoms. The van der Waals surface area contributed by atoms with Crippen molar-refractivity contribution in [1.29, 1.82) is 0 Å². The van der Waals surface area contributed by atoms with E-state index >= 15 is 0 Å². The second kappa shape index (κ2) is 12.5. The van der Waals surface area contributed by atoms with Gasteiger partial charge in [0, 0.05) is 16.5 Å². The van der Waals surface area contributed by atoms with Gasteiger partial charge in [0.05, 0.1) is 11.0 Å². The molecule has 12 rings (SSSR count). The second-order valence-electron chi connectivity index (χ2n) is 15.2. The van der Waals surface area contributed by atoms with Crippen molar-refractivity contribution < 1.29 is 0 Å². The number of hydrogen-bond donors (Lipinski definition) is 0. The van der Waals surface area contributed by atoms with Gasteiger partial charge in [-0.1, -0.05) is 182 Å². The molecule has 1 nitrogen and oxygen atoms in total. The molecule has 264 valence electrons. The van der Waals surface area contributed by atoms with E-state index in [1.54, 1.807) is 0 Å². The van der Waals surface area contributed by atoms with Gasteiger partial charge in [-0.15, -0.1) is 0 Å². The Hall–Kier alpha value is -7.48. The minimum absolute atomic E-state index is 1.16. The van der Waals surface area contributed by atoms with Crippen LogP contribution in [0.5, 0.6) is 0 Å². The van der Waals surface area contributed by atoms with Crippen LogP contribution in [-0.4, -0.2) is 4.57 Å². The van der Waals surface area contributed by atoms with Crippen LogP contribution in [0.3, 0.4) is 0 Å². The molecule has 0 N–H and O–H groups in total. The molecule has 0 fully saturated rings. The Labute approximate surface area is 331 Å². The van der Waals surface area contributed by atoms with E-state index in [-0.39, 0.29) is 0 Å². The quantitative estimate of drug-likeness (QED) is 0.160. The van der Waals surface area contributed by atoms with Crippen LogP contribution < -0.4 is 0 Å². The maximum atomic E-state index is 2.46. The minimum Gasteiger partial charge on any atom is -0.309 e. The highest BCUT2D eigenvalue weighted by atomic mass is 15.0. The number of para-hydroxylation sites is 2. The molecule has 1 heteroatoms. The first-order chi connectivity index (χ1) is 28.3. The zero-order chi connectivity index (χ0) is 37.5. The molecule has 1 aliphatic carbocycles. The summed E-state index contributed by atoms with van der Waals surface area (Å²) in [6.45, 7) is 0. The molecule has 0 unspecified atom stereocenters. The molecule has 1 heterocycles. The molecular weight excluding hydrogens is 687 g/mol. The third-order valence-electron chi connectivity index (χ3n) is 12.2. The highest BCUT2D eigenvalue weighted by molar-refractivity contribution is 6.22. The first kappa shape index (κ1) is 31.8. The zero-order valence-electron chi connectivity index (χ0n) is 31.2. The fourth-order valence-corrected chi connectivity index (χ4v) is 9.75. The predicted octanol–water partition coefficient (Wildman–Crippen LogP) is 15.4. The summed E-state index contributed by atoms with van der Waals surface area (Å²) in [6.07, 6.45) is 0. The Balaban J connectivity index is 1.13. The number of aromatic nitrogens is 1. The SMILES string of the molecule is c1ccc(-n2c3ccccc3c3ccc(-c4c5ccccc5c(-c5ccc6c(c5)-c5ccccc5-c5ccccc5-c5ccccc5-6)c5ccccc45)cc32)cc1. The van der Waals surface area contributed by atoms with Gasteiger partial charge in [0.2, 0.25) is 0 Å². The molecule has 1 aromatic heterocycles. The molecule has 0 radical (unpaired) electrons. The van der Waals surface area contributed by atoms with E-state index < -0.39 is 0 Å².